The highest BCUT2D eigenvalue weighted by Crippen LogP contribution is 2.29. The van der Waals surface area contributed by atoms with Crippen molar-refractivity contribution in [3.8, 4) is 0 Å². The number of carbonyl (C=O) groups excluding carboxylic acids is 2. The maximum absolute atomic E-state index is 11.8. The highest BCUT2D eigenvalue weighted by atomic mass is 79.9. The number of esters is 1. The van der Waals surface area contributed by atoms with Crippen molar-refractivity contribution in [2.24, 2.45) is 0 Å². The molecular formula is C13H12BrNO3. The number of aryl methyl sites for hydroxylation is 1. The van der Waals surface area contributed by atoms with E-state index in [2.05, 4.69) is 20.9 Å². The third kappa shape index (κ3) is 2.06. The van der Waals surface area contributed by atoms with Crippen LogP contribution >= 0.6 is 15.9 Å². The molecule has 0 spiro atoms. The Labute approximate surface area is 112 Å². The molecule has 0 unspecified atom stereocenters. The zero-order valence-corrected chi connectivity index (χ0v) is 11.6. The minimum Gasteiger partial charge on any atom is -0.461 e. The van der Waals surface area contributed by atoms with E-state index >= 15 is 0 Å². The molecule has 0 radical (unpaired) electrons. The van der Waals surface area contributed by atoms with Crippen LogP contribution in [0.4, 0.5) is 0 Å². The summed E-state index contributed by atoms with van der Waals surface area (Å²) < 4.78 is 5.74. The van der Waals surface area contributed by atoms with Gasteiger partial charge in [-0.3, -0.25) is 4.79 Å². The number of H-pyrrole nitrogens is 1. The Kier molecular flexibility index (Phi) is 3.52. The lowest BCUT2D eigenvalue weighted by Crippen LogP contribution is -2.07. The number of rotatable bonds is 3. The van der Waals surface area contributed by atoms with Gasteiger partial charge in [0, 0.05) is 9.86 Å². The smallest absolute Gasteiger partial charge is 0.355 e. The van der Waals surface area contributed by atoms with Gasteiger partial charge in [0.2, 0.25) is 0 Å². The van der Waals surface area contributed by atoms with Crippen molar-refractivity contribution < 1.29 is 14.3 Å². The summed E-state index contributed by atoms with van der Waals surface area (Å²) in [6.45, 7) is 3.92. The standard InChI is InChI=1S/C13H12BrNO3/c1-3-18-13(17)12-9(6-16)8-4-7(2)5-10(14)11(8)15-12/h4-6,15H,3H2,1-2H3. The van der Waals surface area contributed by atoms with Crippen molar-refractivity contribution in [1.29, 1.82) is 0 Å². The number of hydrogen-bond donors (Lipinski definition) is 1. The van der Waals surface area contributed by atoms with E-state index in [0.29, 0.717) is 11.8 Å². The average Bonchev–Trinajstić information content (AvgIpc) is 2.68. The summed E-state index contributed by atoms with van der Waals surface area (Å²) in [5, 5.41) is 0.722. The van der Waals surface area contributed by atoms with E-state index in [1.807, 2.05) is 19.1 Å². The van der Waals surface area contributed by atoms with E-state index in [-0.39, 0.29) is 12.3 Å². The predicted octanol–water partition coefficient (Wildman–Crippen LogP) is 3.23. The van der Waals surface area contributed by atoms with Gasteiger partial charge in [0.1, 0.15) is 5.69 Å². The van der Waals surface area contributed by atoms with Gasteiger partial charge in [-0.15, -0.1) is 0 Å². The highest BCUT2D eigenvalue weighted by Gasteiger charge is 2.19. The first-order valence-corrected chi connectivity index (χ1v) is 6.32. The zero-order valence-electron chi connectivity index (χ0n) is 10.0. The second-order valence-corrected chi connectivity index (χ2v) is 4.78. The molecular weight excluding hydrogens is 298 g/mol. The maximum Gasteiger partial charge on any atom is 0.355 e. The maximum atomic E-state index is 11.8. The van der Waals surface area contributed by atoms with Gasteiger partial charge in [-0.2, -0.15) is 0 Å². The van der Waals surface area contributed by atoms with Gasteiger partial charge in [0.15, 0.2) is 6.29 Å². The summed E-state index contributed by atoms with van der Waals surface area (Å²) >= 11 is 3.41. The quantitative estimate of drug-likeness (QED) is 0.699. The number of aromatic amines is 1. The number of ether oxygens (including phenoxy) is 1. The number of benzene rings is 1. The second-order valence-electron chi connectivity index (χ2n) is 3.92. The Morgan fingerprint density at radius 3 is 2.83 bits per heavy atom. The minimum atomic E-state index is -0.514. The number of aldehydes is 1. The summed E-state index contributed by atoms with van der Waals surface area (Å²) in [6, 6.07) is 3.78. The van der Waals surface area contributed by atoms with Crippen molar-refractivity contribution in [2.45, 2.75) is 13.8 Å². The van der Waals surface area contributed by atoms with Gasteiger partial charge < -0.3 is 9.72 Å². The Hall–Kier alpha value is -1.62. The summed E-state index contributed by atoms with van der Waals surface area (Å²) in [5.41, 5.74) is 2.28. The molecule has 1 aromatic carbocycles. The lowest BCUT2D eigenvalue weighted by molar-refractivity contribution is 0.0518. The molecule has 18 heavy (non-hydrogen) atoms. The molecule has 5 heteroatoms. The molecule has 2 rings (SSSR count). The molecule has 4 nitrogen and oxygen atoms in total. The lowest BCUT2D eigenvalue weighted by atomic mass is 10.1. The van der Waals surface area contributed by atoms with Crippen LogP contribution in [0.5, 0.6) is 0 Å². The van der Waals surface area contributed by atoms with Crippen molar-refractivity contribution in [1.82, 2.24) is 4.98 Å². The zero-order chi connectivity index (χ0) is 13.3. The van der Waals surface area contributed by atoms with Gasteiger partial charge in [-0.25, -0.2) is 4.79 Å². The monoisotopic (exact) mass is 309 g/mol. The third-order valence-electron chi connectivity index (χ3n) is 2.64. The van der Waals surface area contributed by atoms with Crippen LogP contribution in [-0.4, -0.2) is 23.8 Å². The number of nitrogens with one attached hydrogen (secondary N) is 1. The Balaban J connectivity index is 2.72. The minimum absolute atomic E-state index is 0.202. The SMILES string of the molecule is CCOC(=O)c1[nH]c2c(Br)cc(C)cc2c1C=O. The molecule has 94 valence electrons. The molecule has 1 N–H and O–H groups in total. The number of fused-ring (bicyclic) bond motifs is 1. The first-order valence-electron chi connectivity index (χ1n) is 5.52. The predicted molar refractivity (Wildman–Crippen MR) is 72.1 cm³/mol. The molecule has 0 atom stereocenters. The molecule has 1 heterocycles. The van der Waals surface area contributed by atoms with Crippen LogP contribution in [0.3, 0.4) is 0 Å². The summed E-state index contributed by atoms with van der Waals surface area (Å²) in [7, 11) is 0. The molecule has 0 fully saturated rings. The molecule has 1 aromatic heterocycles. The van der Waals surface area contributed by atoms with Crippen LogP contribution in [0, 0.1) is 6.92 Å². The Morgan fingerprint density at radius 2 is 2.22 bits per heavy atom. The Morgan fingerprint density at radius 1 is 1.50 bits per heavy atom. The molecule has 0 aliphatic rings. The van der Waals surface area contributed by atoms with Gasteiger partial charge in [0.05, 0.1) is 17.7 Å². The summed E-state index contributed by atoms with van der Waals surface area (Å²) in [4.78, 5) is 25.9. The van der Waals surface area contributed by atoms with Crippen LogP contribution in [0.15, 0.2) is 16.6 Å². The third-order valence-corrected chi connectivity index (χ3v) is 3.27. The Bertz CT molecular complexity index is 631. The van der Waals surface area contributed by atoms with Crippen LogP contribution in [-0.2, 0) is 4.74 Å². The van der Waals surface area contributed by atoms with Crippen molar-refractivity contribution in [3.63, 3.8) is 0 Å². The van der Waals surface area contributed by atoms with Crippen LogP contribution in [0.25, 0.3) is 10.9 Å². The normalized spacial score (nSPS) is 10.6. The van der Waals surface area contributed by atoms with Crippen LogP contribution in [0.1, 0.15) is 33.3 Å². The van der Waals surface area contributed by atoms with Crippen molar-refractivity contribution in [2.75, 3.05) is 6.61 Å². The van der Waals surface area contributed by atoms with Gasteiger partial charge in [-0.1, -0.05) is 0 Å². The number of carbonyl (C=O) groups is 2. The molecule has 0 aliphatic carbocycles. The van der Waals surface area contributed by atoms with Crippen LogP contribution in [0.2, 0.25) is 0 Å². The first-order chi connectivity index (χ1) is 8.58. The number of aromatic nitrogens is 1. The van der Waals surface area contributed by atoms with E-state index in [9.17, 15) is 9.59 Å². The molecule has 0 bridgehead atoms. The number of hydrogen-bond acceptors (Lipinski definition) is 3. The first kappa shape index (κ1) is 12.8. The average molecular weight is 310 g/mol. The summed E-state index contributed by atoms with van der Waals surface area (Å²) in [6.07, 6.45) is 0.678. The largest absolute Gasteiger partial charge is 0.461 e. The molecule has 0 amide bonds. The fourth-order valence-corrected chi connectivity index (χ4v) is 2.57. The second kappa shape index (κ2) is 4.94. The molecule has 0 saturated heterocycles. The molecule has 0 aliphatic heterocycles. The van der Waals surface area contributed by atoms with E-state index in [1.54, 1.807) is 6.92 Å². The lowest BCUT2D eigenvalue weighted by Gasteiger charge is -1.99. The van der Waals surface area contributed by atoms with E-state index in [4.69, 9.17) is 4.74 Å². The fourth-order valence-electron chi connectivity index (χ4n) is 1.90. The molecule has 0 saturated carbocycles. The fraction of sp³-hybridized carbons (Fsp3) is 0.231. The van der Waals surface area contributed by atoms with Gasteiger partial charge in [-0.05, 0) is 47.5 Å². The highest BCUT2D eigenvalue weighted by molar-refractivity contribution is 9.10. The topological polar surface area (TPSA) is 59.2 Å². The molecule has 2 aromatic rings. The van der Waals surface area contributed by atoms with E-state index in [1.165, 1.54) is 0 Å². The van der Waals surface area contributed by atoms with Gasteiger partial charge in [0.25, 0.3) is 0 Å². The van der Waals surface area contributed by atoms with Crippen LogP contribution < -0.4 is 0 Å². The van der Waals surface area contributed by atoms with E-state index < -0.39 is 5.97 Å². The summed E-state index contributed by atoms with van der Waals surface area (Å²) in [5.74, 6) is -0.514. The van der Waals surface area contributed by atoms with Gasteiger partial charge >= 0.3 is 5.97 Å². The van der Waals surface area contributed by atoms with Crippen molar-refractivity contribution in [3.05, 3.63) is 33.4 Å². The van der Waals surface area contributed by atoms with Crippen molar-refractivity contribution >= 4 is 39.1 Å². The van der Waals surface area contributed by atoms with E-state index in [0.717, 1.165) is 20.9 Å². The number of halogens is 1.